The van der Waals surface area contributed by atoms with E-state index in [-0.39, 0.29) is 6.10 Å². The van der Waals surface area contributed by atoms with Crippen LogP contribution in [0.4, 0.5) is 0 Å². The third-order valence-corrected chi connectivity index (χ3v) is 7.47. The quantitative estimate of drug-likeness (QED) is 0.397. The van der Waals surface area contributed by atoms with Gasteiger partial charge in [-0.05, 0) is 74.2 Å². The van der Waals surface area contributed by atoms with E-state index in [2.05, 4.69) is 96.8 Å². The summed E-state index contributed by atoms with van der Waals surface area (Å²) in [4.78, 5) is 2.80. The largest absolute Gasteiger partial charge is 0.365 e. The topological polar surface area (TPSA) is 12.5 Å². The summed E-state index contributed by atoms with van der Waals surface area (Å²) in [5.41, 5.74) is 5.33. The van der Waals surface area contributed by atoms with Crippen LogP contribution in [0.3, 0.4) is 0 Å². The van der Waals surface area contributed by atoms with Gasteiger partial charge in [-0.15, -0.1) is 0 Å². The van der Waals surface area contributed by atoms with Gasteiger partial charge in [-0.3, -0.25) is 4.90 Å². The highest BCUT2D eigenvalue weighted by Gasteiger charge is 2.41. The summed E-state index contributed by atoms with van der Waals surface area (Å²) >= 11 is 0. The van der Waals surface area contributed by atoms with Crippen molar-refractivity contribution in [1.29, 1.82) is 0 Å². The second-order valence-electron chi connectivity index (χ2n) is 9.59. The average molecular weight is 426 g/mol. The lowest BCUT2D eigenvalue weighted by Crippen LogP contribution is -2.46. The van der Waals surface area contributed by atoms with Crippen molar-refractivity contribution in [2.24, 2.45) is 0 Å². The summed E-state index contributed by atoms with van der Waals surface area (Å²) in [7, 11) is 0. The van der Waals surface area contributed by atoms with Crippen LogP contribution in [0.5, 0.6) is 0 Å². The summed E-state index contributed by atoms with van der Waals surface area (Å²) in [6, 6.07) is 31.8. The van der Waals surface area contributed by atoms with E-state index in [0.29, 0.717) is 18.2 Å². The predicted molar refractivity (Wildman–Crippen MR) is 132 cm³/mol. The molecule has 0 radical (unpaired) electrons. The monoisotopic (exact) mass is 425 g/mol. The van der Waals surface area contributed by atoms with Gasteiger partial charge in [0.25, 0.3) is 0 Å². The molecule has 4 atom stereocenters. The number of nitrogens with zero attached hydrogens (tertiary/aromatic N) is 1. The van der Waals surface area contributed by atoms with E-state index in [9.17, 15) is 0 Å². The molecule has 0 N–H and O–H groups in total. The lowest BCUT2D eigenvalue weighted by atomic mass is 9.95. The summed E-state index contributed by atoms with van der Waals surface area (Å²) in [6.07, 6.45) is 7.77. The minimum Gasteiger partial charge on any atom is -0.365 e. The Labute approximate surface area is 193 Å². The van der Waals surface area contributed by atoms with Crippen molar-refractivity contribution < 1.29 is 4.74 Å². The van der Waals surface area contributed by atoms with Crippen molar-refractivity contribution in [2.45, 2.75) is 69.7 Å². The number of ether oxygens (including phenoxy) is 1. The van der Waals surface area contributed by atoms with Gasteiger partial charge in [0.2, 0.25) is 0 Å². The van der Waals surface area contributed by atoms with Crippen LogP contribution in [-0.2, 0) is 11.2 Å². The molecule has 0 aromatic heterocycles. The first-order valence-corrected chi connectivity index (χ1v) is 12.3. The fourth-order valence-electron chi connectivity index (χ4n) is 5.84. The highest BCUT2D eigenvalue weighted by Crippen LogP contribution is 2.40. The molecule has 2 aliphatic heterocycles. The van der Waals surface area contributed by atoms with E-state index in [1.807, 2.05) is 0 Å². The molecule has 0 spiro atoms. The first-order chi connectivity index (χ1) is 15.8. The number of piperidine rings is 1. The zero-order valence-corrected chi connectivity index (χ0v) is 19.2. The average Bonchev–Trinajstić information content (AvgIpc) is 3.07. The van der Waals surface area contributed by atoms with Gasteiger partial charge in [-0.2, -0.15) is 0 Å². The smallest absolute Gasteiger partial charge is 0.108 e. The minimum atomic E-state index is 0.0198. The van der Waals surface area contributed by atoms with E-state index >= 15 is 0 Å². The maximum absolute atomic E-state index is 6.92. The van der Waals surface area contributed by atoms with Crippen molar-refractivity contribution in [2.75, 3.05) is 6.54 Å². The molecule has 2 fully saturated rings. The number of fused-ring (bicyclic) bond motifs is 2. The fraction of sp³-hybridized carbons (Fsp3) is 0.400. The lowest BCUT2D eigenvalue weighted by Gasteiger charge is -2.40. The maximum Gasteiger partial charge on any atom is 0.108 e. The summed E-state index contributed by atoms with van der Waals surface area (Å²) in [5, 5.41) is 0. The lowest BCUT2D eigenvalue weighted by molar-refractivity contribution is -0.0484. The van der Waals surface area contributed by atoms with Crippen molar-refractivity contribution in [3.05, 3.63) is 107 Å². The molecule has 166 valence electrons. The molecule has 0 saturated carbocycles. The van der Waals surface area contributed by atoms with Crippen LogP contribution in [0.25, 0.3) is 0 Å². The Kier molecular flexibility index (Phi) is 6.71. The second-order valence-corrected chi connectivity index (χ2v) is 9.59. The molecule has 2 bridgehead atoms. The fourth-order valence-corrected chi connectivity index (χ4v) is 5.84. The van der Waals surface area contributed by atoms with Crippen LogP contribution in [-0.4, -0.2) is 29.6 Å². The van der Waals surface area contributed by atoms with Crippen LogP contribution >= 0.6 is 0 Å². The Bertz CT molecular complexity index is 972. The number of benzene rings is 3. The zero-order chi connectivity index (χ0) is 21.8. The Morgan fingerprint density at radius 1 is 0.812 bits per heavy atom. The summed E-state index contributed by atoms with van der Waals surface area (Å²) in [6.45, 7) is 3.42. The van der Waals surface area contributed by atoms with Gasteiger partial charge in [0.15, 0.2) is 0 Å². The number of rotatable bonds is 8. The van der Waals surface area contributed by atoms with Crippen LogP contribution in [0.2, 0.25) is 0 Å². The molecule has 32 heavy (non-hydrogen) atoms. The van der Waals surface area contributed by atoms with Crippen molar-refractivity contribution in [1.82, 2.24) is 4.90 Å². The Hall–Kier alpha value is -2.42. The standard InChI is InChI=1S/C30H35NO/c1-23-11-8-9-17-29(23)30(25-15-6-3-7-16-25)32-28-21-26-18-19-27(22-28)31(26)20-10-14-24-12-4-2-5-13-24/h2-9,11-13,15-17,26-28,30H,10,14,18-22H2,1H3/t26-,27+,28?,30?. The molecule has 2 aliphatic rings. The van der Waals surface area contributed by atoms with E-state index in [1.165, 1.54) is 54.5 Å². The molecule has 5 rings (SSSR count). The number of aryl methyl sites for hydroxylation is 2. The maximum atomic E-state index is 6.92. The predicted octanol–water partition coefficient (Wildman–Crippen LogP) is 6.73. The molecular weight excluding hydrogens is 390 g/mol. The van der Waals surface area contributed by atoms with Gasteiger partial charge in [0, 0.05) is 12.1 Å². The normalized spacial score (nSPS) is 23.8. The van der Waals surface area contributed by atoms with Crippen molar-refractivity contribution >= 4 is 0 Å². The number of hydrogen-bond acceptors (Lipinski definition) is 2. The van der Waals surface area contributed by atoms with E-state index in [4.69, 9.17) is 4.74 Å². The second kappa shape index (κ2) is 10.0. The Morgan fingerprint density at radius 2 is 1.44 bits per heavy atom. The van der Waals surface area contributed by atoms with Gasteiger partial charge < -0.3 is 4.74 Å². The molecule has 0 amide bonds. The van der Waals surface area contributed by atoms with Crippen molar-refractivity contribution in [3.8, 4) is 0 Å². The first kappa shape index (κ1) is 21.4. The van der Waals surface area contributed by atoms with Gasteiger partial charge in [0.05, 0.1) is 6.10 Å². The van der Waals surface area contributed by atoms with E-state index in [1.54, 1.807) is 0 Å². The molecule has 2 unspecified atom stereocenters. The van der Waals surface area contributed by atoms with Crippen molar-refractivity contribution in [3.63, 3.8) is 0 Å². The Balaban J connectivity index is 1.24. The van der Waals surface area contributed by atoms with Crippen LogP contribution in [0.1, 0.15) is 60.5 Å². The summed E-state index contributed by atoms with van der Waals surface area (Å²) < 4.78 is 6.92. The highest BCUT2D eigenvalue weighted by atomic mass is 16.5. The van der Waals surface area contributed by atoms with E-state index < -0.39 is 0 Å². The van der Waals surface area contributed by atoms with Gasteiger partial charge in [-0.25, -0.2) is 0 Å². The van der Waals surface area contributed by atoms with Gasteiger partial charge in [-0.1, -0.05) is 84.9 Å². The van der Waals surface area contributed by atoms with Crippen LogP contribution in [0, 0.1) is 6.92 Å². The van der Waals surface area contributed by atoms with Crippen LogP contribution in [0.15, 0.2) is 84.9 Å². The Morgan fingerprint density at radius 3 is 2.12 bits per heavy atom. The SMILES string of the molecule is Cc1ccccc1C(OC1C[C@H]2CC[C@@H](C1)N2CCCc1ccccc1)c1ccccc1. The third-order valence-electron chi connectivity index (χ3n) is 7.47. The molecular formula is C30H35NO. The number of hydrogen-bond donors (Lipinski definition) is 0. The molecule has 2 heterocycles. The molecule has 2 nitrogen and oxygen atoms in total. The molecule has 3 aromatic carbocycles. The summed E-state index contributed by atoms with van der Waals surface area (Å²) in [5.74, 6) is 0. The molecule has 3 aromatic rings. The van der Waals surface area contributed by atoms with Crippen LogP contribution < -0.4 is 0 Å². The van der Waals surface area contributed by atoms with E-state index in [0.717, 1.165) is 12.8 Å². The first-order valence-electron chi connectivity index (χ1n) is 12.3. The highest BCUT2D eigenvalue weighted by molar-refractivity contribution is 5.35. The van der Waals surface area contributed by atoms with Gasteiger partial charge >= 0.3 is 0 Å². The van der Waals surface area contributed by atoms with Gasteiger partial charge in [0.1, 0.15) is 6.10 Å². The third kappa shape index (κ3) is 4.82. The minimum absolute atomic E-state index is 0.0198. The molecule has 2 saturated heterocycles. The molecule has 0 aliphatic carbocycles. The zero-order valence-electron chi connectivity index (χ0n) is 19.2. The molecule has 2 heteroatoms.